The summed E-state index contributed by atoms with van der Waals surface area (Å²) in [5, 5.41) is 8.44. The van der Waals surface area contributed by atoms with Crippen LogP contribution >= 0.6 is 11.6 Å². The molecule has 1 saturated carbocycles. The summed E-state index contributed by atoms with van der Waals surface area (Å²) in [6.45, 7) is 4.37. The number of halogens is 1. The molecule has 0 saturated heterocycles. The van der Waals surface area contributed by atoms with E-state index in [-0.39, 0.29) is 11.3 Å². The second kappa shape index (κ2) is 4.39. The number of hydrogen-bond acceptors (Lipinski definition) is 2. The highest BCUT2D eigenvalue weighted by atomic mass is 35.5. The highest BCUT2D eigenvalue weighted by Crippen LogP contribution is 2.41. The lowest BCUT2D eigenvalue weighted by Crippen LogP contribution is -2.30. The molecule has 82 valence electrons. The fourth-order valence-electron chi connectivity index (χ4n) is 2.17. The molecule has 0 aromatic rings. The Hall–Kier alpha value is -0.440. The Labute approximate surface area is 89.4 Å². The van der Waals surface area contributed by atoms with Gasteiger partial charge in [-0.1, -0.05) is 31.9 Å². The standard InChI is InChI=1S/C10H17ClO3/c1-10(2)5-3-4-7(6-10)8(11)14-9(12)13/h7-8H,3-6H2,1-2H3,(H,12,13). The van der Waals surface area contributed by atoms with Gasteiger partial charge < -0.3 is 9.84 Å². The Morgan fingerprint density at radius 2 is 2.29 bits per heavy atom. The molecule has 0 bridgehead atoms. The smallest absolute Gasteiger partial charge is 0.450 e. The van der Waals surface area contributed by atoms with Crippen LogP contribution in [0.2, 0.25) is 0 Å². The van der Waals surface area contributed by atoms with Crippen LogP contribution in [0.15, 0.2) is 0 Å². The maximum Gasteiger partial charge on any atom is 0.507 e. The lowest BCUT2D eigenvalue weighted by atomic mass is 9.72. The van der Waals surface area contributed by atoms with Gasteiger partial charge in [-0.15, -0.1) is 0 Å². The van der Waals surface area contributed by atoms with Crippen LogP contribution in [0.25, 0.3) is 0 Å². The van der Waals surface area contributed by atoms with Gasteiger partial charge in [0.2, 0.25) is 0 Å². The summed E-state index contributed by atoms with van der Waals surface area (Å²) in [5.41, 5.74) is -0.426. The molecule has 1 rings (SSSR count). The summed E-state index contributed by atoms with van der Waals surface area (Å²) < 4.78 is 4.57. The van der Waals surface area contributed by atoms with Crippen LogP contribution < -0.4 is 0 Å². The molecule has 4 heteroatoms. The van der Waals surface area contributed by atoms with Gasteiger partial charge in [0.15, 0.2) is 5.56 Å². The van der Waals surface area contributed by atoms with Crippen LogP contribution in [0.5, 0.6) is 0 Å². The van der Waals surface area contributed by atoms with Gasteiger partial charge in [-0.3, -0.25) is 0 Å². The third kappa shape index (κ3) is 3.37. The minimum absolute atomic E-state index is 0.163. The summed E-state index contributed by atoms with van der Waals surface area (Å²) in [7, 11) is 0. The average Bonchev–Trinajstić information content (AvgIpc) is 2.01. The third-order valence-corrected chi connectivity index (χ3v) is 3.27. The molecule has 2 atom stereocenters. The zero-order valence-corrected chi connectivity index (χ0v) is 9.38. The molecule has 0 amide bonds. The predicted molar refractivity (Wildman–Crippen MR) is 54.5 cm³/mol. The summed E-state index contributed by atoms with van der Waals surface area (Å²) in [4.78, 5) is 10.3. The molecule has 2 unspecified atom stereocenters. The van der Waals surface area contributed by atoms with Crippen molar-refractivity contribution in [1.82, 2.24) is 0 Å². The molecule has 0 spiro atoms. The van der Waals surface area contributed by atoms with E-state index in [1.165, 1.54) is 6.42 Å². The molecule has 3 nitrogen and oxygen atoms in total. The Balaban J connectivity index is 2.47. The van der Waals surface area contributed by atoms with Gasteiger partial charge in [0, 0.05) is 5.92 Å². The van der Waals surface area contributed by atoms with Crippen molar-refractivity contribution in [3.8, 4) is 0 Å². The maximum absolute atomic E-state index is 10.3. The zero-order valence-electron chi connectivity index (χ0n) is 8.62. The van der Waals surface area contributed by atoms with Crippen LogP contribution in [0, 0.1) is 11.3 Å². The number of rotatable bonds is 2. The van der Waals surface area contributed by atoms with E-state index in [1.807, 2.05) is 0 Å². The highest BCUT2D eigenvalue weighted by molar-refractivity contribution is 6.20. The number of hydrogen-bond donors (Lipinski definition) is 1. The zero-order chi connectivity index (χ0) is 10.8. The van der Waals surface area contributed by atoms with Crippen molar-refractivity contribution in [3.63, 3.8) is 0 Å². The van der Waals surface area contributed by atoms with Crippen molar-refractivity contribution in [2.45, 2.75) is 45.1 Å². The highest BCUT2D eigenvalue weighted by Gasteiger charge is 2.33. The summed E-state index contributed by atoms with van der Waals surface area (Å²) in [5.74, 6) is 0.163. The minimum Gasteiger partial charge on any atom is -0.450 e. The van der Waals surface area contributed by atoms with Crippen molar-refractivity contribution in [2.75, 3.05) is 0 Å². The summed E-state index contributed by atoms with van der Waals surface area (Å²) in [6, 6.07) is 0. The summed E-state index contributed by atoms with van der Waals surface area (Å²) in [6.07, 6.45) is 2.90. The van der Waals surface area contributed by atoms with E-state index in [2.05, 4.69) is 18.6 Å². The molecule has 1 fully saturated rings. The molecule has 1 N–H and O–H groups in total. The first-order valence-corrected chi connectivity index (χ1v) is 5.38. The van der Waals surface area contributed by atoms with Gasteiger partial charge in [0.25, 0.3) is 0 Å². The molecular weight excluding hydrogens is 204 g/mol. The molecule has 1 aliphatic carbocycles. The Morgan fingerprint density at radius 3 is 2.79 bits per heavy atom. The van der Waals surface area contributed by atoms with E-state index < -0.39 is 11.7 Å². The van der Waals surface area contributed by atoms with Crippen LogP contribution in [0.1, 0.15) is 39.5 Å². The molecule has 0 aromatic carbocycles. The van der Waals surface area contributed by atoms with Crippen LogP contribution in [-0.4, -0.2) is 16.8 Å². The van der Waals surface area contributed by atoms with E-state index in [0.29, 0.717) is 0 Å². The van der Waals surface area contributed by atoms with Crippen molar-refractivity contribution in [2.24, 2.45) is 11.3 Å². The normalized spacial score (nSPS) is 28.1. The molecule has 0 heterocycles. The summed E-state index contributed by atoms with van der Waals surface area (Å²) >= 11 is 5.88. The fraction of sp³-hybridized carbons (Fsp3) is 0.900. The molecule has 1 aliphatic rings. The van der Waals surface area contributed by atoms with Crippen molar-refractivity contribution < 1.29 is 14.6 Å². The Kier molecular flexibility index (Phi) is 3.65. The van der Waals surface area contributed by atoms with Crippen molar-refractivity contribution >= 4 is 17.8 Å². The van der Waals surface area contributed by atoms with Gasteiger partial charge >= 0.3 is 6.16 Å². The number of alkyl halides is 1. The monoisotopic (exact) mass is 220 g/mol. The second-order valence-electron chi connectivity index (χ2n) is 4.76. The second-order valence-corrected chi connectivity index (χ2v) is 5.19. The third-order valence-electron chi connectivity index (χ3n) is 2.83. The van der Waals surface area contributed by atoms with E-state index >= 15 is 0 Å². The first-order chi connectivity index (χ1) is 6.41. The fourth-order valence-corrected chi connectivity index (χ4v) is 2.46. The molecule has 0 radical (unpaired) electrons. The van der Waals surface area contributed by atoms with Gasteiger partial charge in [0.1, 0.15) is 0 Å². The molecule has 0 aromatic heterocycles. The maximum atomic E-state index is 10.3. The number of carboxylic acid groups (broad SMARTS) is 1. The quantitative estimate of drug-likeness (QED) is 0.573. The lowest BCUT2D eigenvalue weighted by Gasteiger charge is -2.36. The van der Waals surface area contributed by atoms with Gasteiger partial charge in [0.05, 0.1) is 0 Å². The van der Waals surface area contributed by atoms with Gasteiger partial charge in [-0.25, -0.2) is 4.79 Å². The van der Waals surface area contributed by atoms with Crippen molar-refractivity contribution in [3.05, 3.63) is 0 Å². The predicted octanol–water partition coefficient (Wildman–Crippen LogP) is 3.46. The topological polar surface area (TPSA) is 46.5 Å². The van der Waals surface area contributed by atoms with Gasteiger partial charge in [-0.2, -0.15) is 0 Å². The first-order valence-electron chi connectivity index (χ1n) is 4.94. The SMILES string of the molecule is CC1(C)CCCC(C(Cl)OC(=O)O)C1. The van der Waals surface area contributed by atoms with Crippen molar-refractivity contribution in [1.29, 1.82) is 0 Å². The average molecular weight is 221 g/mol. The van der Waals surface area contributed by atoms with Crippen LogP contribution in [0.3, 0.4) is 0 Å². The molecule has 0 aliphatic heterocycles. The van der Waals surface area contributed by atoms with E-state index in [1.54, 1.807) is 0 Å². The lowest BCUT2D eigenvalue weighted by molar-refractivity contribution is 0.0359. The van der Waals surface area contributed by atoms with E-state index in [0.717, 1.165) is 19.3 Å². The van der Waals surface area contributed by atoms with Gasteiger partial charge in [-0.05, 0) is 24.7 Å². The van der Waals surface area contributed by atoms with E-state index in [4.69, 9.17) is 16.7 Å². The molecule has 14 heavy (non-hydrogen) atoms. The largest absolute Gasteiger partial charge is 0.507 e. The Bertz CT molecular complexity index is 215. The number of carbonyl (C=O) groups is 1. The minimum atomic E-state index is -1.28. The first kappa shape index (κ1) is 11.6. The molecular formula is C10H17ClO3. The Morgan fingerprint density at radius 1 is 1.64 bits per heavy atom. The van der Waals surface area contributed by atoms with E-state index in [9.17, 15) is 4.79 Å². The van der Waals surface area contributed by atoms with Crippen LogP contribution in [-0.2, 0) is 4.74 Å². The van der Waals surface area contributed by atoms with Crippen LogP contribution in [0.4, 0.5) is 4.79 Å². The number of ether oxygens (including phenoxy) is 1.